The number of rotatable bonds is 7. The standard InChI is InChI=1S/C25H33BrN2O6/c1-5-33-23(32)17-18-22(31)28(15(13-29)11-14-9-7-6-8-10-14)20(21(30)27-24(2,3)4)25(18)12-16(26)19(17)34-25/h6-10,15-20,29H,5,11-13H2,1-4H3,(H,27,30)/t15-,16?,17-,18+,19-,20-,25+/m1/s1. The van der Waals surface area contributed by atoms with Gasteiger partial charge in [0, 0.05) is 10.4 Å². The number of nitrogens with one attached hydrogen (secondary N) is 1. The Labute approximate surface area is 208 Å². The fourth-order valence-corrected chi connectivity index (χ4v) is 6.79. The van der Waals surface area contributed by atoms with E-state index in [0.717, 1.165) is 5.56 Å². The van der Waals surface area contributed by atoms with E-state index in [9.17, 15) is 19.5 Å². The molecule has 1 aromatic carbocycles. The smallest absolute Gasteiger partial charge is 0.312 e. The van der Waals surface area contributed by atoms with Crippen molar-refractivity contribution in [2.24, 2.45) is 11.8 Å². The molecule has 34 heavy (non-hydrogen) atoms. The van der Waals surface area contributed by atoms with Gasteiger partial charge in [-0.1, -0.05) is 46.3 Å². The molecular formula is C25H33BrN2O6. The van der Waals surface area contributed by atoms with E-state index in [1.54, 1.807) is 6.92 Å². The number of halogens is 1. The van der Waals surface area contributed by atoms with Crippen LogP contribution < -0.4 is 5.32 Å². The molecule has 0 aromatic heterocycles. The highest BCUT2D eigenvalue weighted by Gasteiger charge is 2.77. The molecular weight excluding hydrogens is 504 g/mol. The van der Waals surface area contributed by atoms with Crippen LogP contribution in [0.1, 0.15) is 39.7 Å². The van der Waals surface area contributed by atoms with Crippen molar-refractivity contribution in [1.82, 2.24) is 10.2 Å². The van der Waals surface area contributed by atoms with Crippen LogP contribution in [0.25, 0.3) is 0 Å². The topological polar surface area (TPSA) is 105 Å². The molecule has 3 fully saturated rings. The molecule has 0 radical (unpaired) electrons. The average Bonchev–Trinajstić information content (AvgIpc) is 3.35. The molecule has 3 aliphatic heterocycles. The third-order valence-corrected chi connectivity index (χ3v) is 7.80. The van der Waals surface area contributed by atoms with E-state index >= 15 is 0 Å². The quantitative estimate of drug-likeness (QED) is 0.406. The Morgan fingerprint density at radius 1 is 1.32 bits per heavy atom. The van der Waals surface area contributed by atoms with Crippen LogP contribution in [0.15, 0.2) is 30.3 Å². The van der Waals surface area contributed by atoms with E-state index in [-0.39, 0.29) is 29.9 Å². The number of benzene rings is 1. The van der Waals surface area contributed by atoms with Gasteiger partial charge in [0.1, 0.15) is 11.6 Å². The molecule has 1 spiro atoms. The number of hydrogen-bond acceptors (Lipinski definition) is 6. The molecule has 3 aliphatic rings. The molecule has 0 saturated carbocycles. The molecule has 2 bridgehead atoms. The monoisotopic (exact) mass is 536 g/mol. The van der Waals surface area contributed by atoms with Crippen LogP contribution >= 0.6 is 15.9 Å². The molecule has 186 valence electrons. The molecule has 4 rings (SSSR count). The average molecular weight is 537 g/mol. The molecule has 0 aliphatic carbocycles. The normalized spacial score (nSPS) is 33.1. The first kappa shape index (κ1) is 25.1. The molecule has 7 atom stereocenters. The lowest BCUT2D eigenvalue weighted by molar-refractivity contribution is -0.155. The third-order valence-electron chi connectivity index (χ3n) is 6.95. The maximum atomic E-state index is 14.0. The Bertz CT molecular complexity index is 950. The molecule has 3 saturated heterocycles. The van der Waals surface area contributed by atoms with Crippen molar-refractivity contribution >= 4 is 33.7 Å². The van der Waals surface area contributed by atoms with Crippen LogP contribution in [0.4, 0.5) is 0 Å². The maximum Gasteiger partial charge on any atom is 0.312 e. The second-order valence-corrected chi connectivity index (χ2v) is 11.6. The minimum Gasteiger partial charge on any atom is -0.466 e. The molecule has 2 N–H and O–H groups in total. The highest BCUT2D eigenvalue weighted by Crippen LogP contribution is 2.60. The van der Waals surface area contributed by atoms with E-state index in [4.69, 9.17) is 9.47 Å². The summed E-state index contributed by atoms with van der Waals surface area (Å²) in [4.78, 5) is 42.0. The minimum absolute atomic E-state index is 0.188. The number of nitrogens with zero attached hydrogens (tertiary/aromatic N) is 1. The van der Waals surface area contributed by atoms with Crippen LogP contribution in [0.3, 0.4) is 0 Å². The number of likely N-dealkylation sites (tertiary alicyclic amines) is 1. The zero-order valence-electron chi connectivity index (χ0n) is 20.0. The van der Waals surface area contributed by atoms with Gasteiger partial charge < -0.3 is 24.8 Å². The number of aliphatic hydroxyl groups is 1. The number of carbonyl (C=O) groups excluding carboxylic acids is 3. The first-order chi connectivity index (χ1) is 16.0. The van der Waals surface area contributed by atoms with Crippen molar-refractivity contribution < 1.29 is 29.0 Å². The fourth-order valence-electron chi connectivity index (χ4n) is 5.84. The van der Waals surface area contributed by atoms with Crippen molar-refractivity contribution in [3.63, 3.8) is 0 Å². The summed E-state index contributed by atoms with van der Waals surface area (Å²) in [5.41, 5.74) is -0.781. The second-order valence-electron chi connectivity index (χ2n) is 10.4. The highest BCUT2D eigenvalue weighted by atomic mass is 79.9. The number of fused-ring (bicyclic) bond motifs is 1. The van der Waals surface area contributed by atoms with Gasteiger partial charge in [0.2, 0.25) is 11.8 Å². The Hall–Kier alpha value is -1.97. The van der Waals surface area contributed by atoms with Crippen LogP contribution in [0, 0.1) is 11.8 Å². The van der Waals surface area contributed by atoms with Crippen molar-refractivity contribution in [1.29, 1.82) is 0 Å². The summed E-state index contributed by atoms with van der Waals surface area (Å²) in [5.74, 6) is -2.83. The number of aliphatic hydroxyl groups excluding tert-OH is 1. The number of hydrogen-bond donors (Lipinski definition) is 2. The van der Waals surface area contributed by atoms with E-state index in [1.807, 2.05) is 51.1 Å². The van der Waals surface area contributed by atoms with Gasteiger partial charge in [0.15, 0.2) is 0 Å². The van der Waals surface area contributed by atoms with Gasteiger partial charge in [0.05, 0.1) is 37.2 Å². The lowest BCUT2D eigenvalue weighted by atomic mass is 9.70. The summed E-state index contributed by atoms with van der Waals surface area (Å²) in [7, 11) is 0. The molecule has 1 unspecified atom stereocenters. The first-order valence-corrected chi connectivity index (χ1v) is 12.7. The zero-order valence-corrected chi connectivity index (χ0v) is 21.6. The Morgan fingerprint density at radius 3 is 2.59 bits per heavy atom. The third kappa shape index (κ3) is 4.16. The summed E-state index contributed by atoms with van der Waals surface area (Å²) in [6.07, 6.45) is 0.226. The highest BCUT2D eigenvalue weighted by molar-refractivity contribution is 9.09. The summed E-state index contributed by atoms with van der Waals surface area (Å²) in [6, 6.07) is 7.90. The van der Waals surface area contributed by atoms with Crippen LogP contribution in [0.2, 0.25) is 0 Å². The predicted octanol–water partition coefficient (Wildman–Crippen LogP) is 1.82. The second kappa shape index (κ2) is 9.24. The van der Waals surface area contributed by atoms with Gasteiger partial charge in [-0.15, -0.1) is 0 Å². The number of esters is 1. The van der Waals surface area contributed by atoms with E-state index < -0.39 is 47.1 Å². The molecule has 9 heteroatoms. The lowest BCUT2D eigenvalue weighted by Crippen LogP contribution is -2.60. The van der Waals surface area contributed by atoms with Gasteiger partial charge in [0.25, 0.3) is 0 Å². The van der Waals surface area contributed by atoms with Gasteiger partial charge in [-0.3, -0.25) is 14.4 Å². The number of amides is 2. The number of ether oxygens (including phenoxy) is 2. The predicted molar refractivity (Wildman–Crippen MR) is 128 cm³/mol. The molecule has 1 aromatic rings. The van der Waals surface area contributed by atoms with Gasteiger partial charge >= 0.3 is 5.97 Å². The first-order valence-electron chi connectivity index (χ1n) is 11.8. The van der Waals surface area contributed by atoms with Gasteiger partial charge in [-0.2, -0.15) is 0 Å². The summed E-state index contributed by atoms with van der Waals surface area (Å²) < 4.78 is 11.7. The van der Waals surface area contributed by atoms with E-state index in [0.29, 0.717) is 12.8 Å². The maximum absolute atomic E-state index is 14.0. The summed E-state index contributed by atoms with van der Waals surface area (Å²) >= 11 is 3.63. The number of carbonyl (C=O) groups is 3. The van der Waals surface area contributed by atoms with Gasteiger partial charge in [-0.25, -0.2) is 0 Å². The van der Waals surface area contributed by atoms with Crippen LogP contribution in [-0.4, -0.2) is 75.2 Å². The summed E-state index contributed by atoms with van der Waals surface area (Å²) in [5, 5.41) is 13.4. The molecule has 8 nitrogen and oxygen atoms in total. The Balaban J connectivity index is 1.78. The molecule has 3 heterocycles. The minimum atomic E-state index is -1.17. The van der Waals surface area contributed by atoms with E-state index in [2.05, 4.69) is 21.2 Å². The molecule has 2 amide bonds. The fraction of sp³-hybridized carbons (Fsp3) is 0.640. The SMILES string of the molecule is CCOC(=O)[C@H]1[C@@H]2O[C@@]3(CC2Br)[C@@H]1C(=O)N([C@@H](CO)Cc1ccccc1)[C@@H]3C(=O)NC(C)(C)C. The van der Waals surface area contributed by atoms with Crippen molar-refractivity contribution in [2.45, 2.75) is 74.7 Å². The van der Waals surface area contributed by atoms with Gasteiger partial charge in [-0.05, 0) is 46.1 Å². The largest absolute Gasteiger partial charge is 0.466 e. The van der Waals surface area contributed by atoms with Crippen molar-refractivity contribution in [3.05, 3.63) is 35.9 Å². The Morgan fingerprint density at radius 2 is 2.00 bits per heavy atom. The van der Waals surface area contributed by atoms with Crippen LogP contribution in [-0.2, 0) is 30.3 Å². The van der Waals surface area contributed by atoms with Crippen molar-refractivity contribution in [3.8, 4) is 0 Å². The number of alkyl halides is 1. The Kier molecular flexibility index (Phi) is 6.83. The summed E-state index contributed by atoms with van der Waals surface area (Å²) in [6.45, 7) is 7.20. The zero-order chi connectivity index (χ0) is 24.8. The van der Waals surface area contributed by atoms with E-state index in [1.165, 1.54) is 4.90 Å². The van der Waals surface area contributed by atoms with Crippen LogP contribution in [0.5, 0.6) is 0 Å². The van der Waals surface area contributed by atoms with Crippen molar-refractivity contribution in [2.75, 3.05) is 13.2 Å². The lowest BCUT2D eigenvalue weighted by Gasteiger charge is -2.38.